The Labute approximate surface area is 157 Å². The molecular weight excluding hydrogens is 346 g/mol. The first-order valence-corrected chi connectivity index (χ1v) is 8.74. The van der Waals surface area contributed by atoms with E-state index < -0.39 is 10.8 Å². The third-order valence-electron chi connectivity index (χ3n) is 4.82. The molecule has 1 aliphatic rings. The van der Waals surface area contributed by atoms with E-state index in [-0.39, 0.29) is 16.9 Å². The number of nitrogens with two attached hydrogens (primary N) is 1. The van der Waals surface area contributed by atoms with Gasteiger partial charge in [-0.25, -0.2) is 0 Å². The molecule has 0 saturated carbocycles. The molecule has 0 aliphatic carbocycles. The summed E-state index contributed by atoms with van der Waals surface area (Å²) in [5.74, 6) is -0.409. The van der Waals surface area contributed by atoms with Crippen LogP contribution >= 0.6 is 0 Å². The first-order valence-electron chi connectivity index (χ1n) is 8.74. The molecule has 1 amide bonds. The Hall–Kier alpha value is -3.13. The molecule has 0 spiro atoms. The molecule has 3 rings (SSSR count). The Morgan fingerprint density at radius 3 is 2.48 bits per heavy atom. The van der Waals surface area contributed by atoms with Crippen molar-refractivity contribution in [2.24, 2.45) is 0 Å². The number of carbonyl (C=O) groups excluding carboxylic acids is 1. The zero-order valence-corrected chi connectivity index (χ0v) is 15.4. The maximum absolute atomic E-state index is 12.5. The molecular formula is C19H23N5O3. The van der Waals surface area contributed by atoms with E-state index in [1.54, 1.807) is 0 Å². The second kappa shape index (κ2) is 7.63. The van der Waals surface area contributed by atoms with Crippen LogP contribution in [0.3, 0.4) is 0 Å². The van der Waals surface area contributed by atoms with E-state index in [2.05, 4.69) is 22.2 Å². The highest BCUT2D eigenvalue weighted by Gasteiger charge is 2.18. The minimum Gasteiger partial charge on any atom is -0.393 e. The summed E-state index contributed by atoms with van der Waals surface area (Å²) < 4.78 is 0. The quantitative estimate of drug-likeness (QED) is 0.487. The van der Waals surface area contributed by atoms with Gasteiger partial charge in [-0.15, -0.1) is 0 Å². The van der Waals surface area contributed by atoms with E-state index in [1.165, 1.54) is 18.2 Å². The van der Waals surface area contributed by atoms with Crippen LogP contribution in [-0.2, 0) is 0 Å². The summed E-state index contributed by atoms with van der Waals surface area (Å²) in [7, 11) is 2.11. The van der Waals surface area contributed by atoms with Crippen molar-refractivity contribution in [2.45, 2.75) is 6.92 Å². The lowest BCUT2D eigenvalue weighted by Gasteiger charge is -2.34. The van der Waals surface area contributed by atoms with Crippen LogP contribution in [0.1, 0.15) is 15.9 Å². The number of aryl methyl sites for hydroxylation is 1. The number of anilines is 3. The SMILES string of the molecule is Cc1cc(N2CCN(C)CC2)ccc1NC(=O)c1ccc(N)c([N+](=O)[O-])c1. The summed E-state index contributed by atoms with van der Waals surface area (Å²) in [5, 5.41) is 13.8. The highest BCUT2D eigenvalue weighted by molar-refractivity contribution is 6.05. The largest absolute Gasteiger partial charge is 0.393 e. The molecule has 3 N–H and O–H groups in total. The van der Waals surface area contributed by atoms with E-state index in [1.807, 2.05) is 25.1 Å². The number of benzene rings is 2. The number of nitrogens with one attached hydrogen (secondary N) is 1. The van der Waals surface area contributed by atoms with Crippen LogP contribution in [0.15, 0.2) is 36.4 Å². The fraction of sp³-hybridized carbons (Fsp3) is 0.316. The molecule has 0 aromatic heterocycles. The molecule has 8 nitrogen and oxygen atoms in total. The van der Waals surface area contributed by atoms with Crippen LogP contribution < -0.4 is 16.0 Å². The number of nitro benzene ring substituents is 1. The Morgan fingerprint density at radius 1 is 1.15 bits per heavy atom. The summed E-state index contributed by atoms with van der Waals surface area (Å²) in [4.78, 5) is 27.5. The Morgan fingerprint density at radius 2 is 1.85 bits per heavy atom. The second-order valence-electron chi connectivity index (χ2n) is 6.77. The molecule has 1 saturated heterocycles. The van der Waals surface area contributed by atoms with E-state index >= 15 is 0 Å². The molecule has 0 unspecified atom stereocenters. The lowest BCUT2D eigenvalue weighted by atomic mass is 10.1. The number of likely N-dealkylation sites (N-methyl/N-ethyl adjacent to an activating group) is 1. The minimum atomic E-state index is -0.595. The van der Waals surface area contributed by atoms with Crippen LogP contribution in [0.25, 0.3) is 0 Å². The molecule has 0 atom stereocenters. The van der Waals surface area contributed by atoms with Crippen molar-refractivity contribution in [1.82, 2.24) is 4.90 Å². The standard InChI is InChI=1S/C19H23N5O3/c1-13-11-15(23-9-7-22(2)8-10-23)4-6-17(13)21-19(25)14-3-5-16(20)18(12-14)24(26)27/h3-6,11-12H,7-10,20H2,1-2H3,(H,21,25). The fourth-order valence-corrected chi connectivity index (χ4v) is 3.09. The van der Waals surface area contributed by atoms with Gasteiger partial charge in [-0.3, -0.25) is 14.9 Å². The predicted octanol–water partition coefficient (Wildman–Crippen LogP) is 2.49. The van der Waals surface area contributed by atoms with Gasteiger partial charge < -0.3 is 20.9 Å². The van der Waals surface area contributed by atoms with Gasteiger partial charge in [0.2, 0.25) is 0 Å². The van der Waals surface area contributed by atoms with Gasteiger partial charge in [-0.05, 0) is 49.9 Å². The molecule has 2 aromatic rings. The second-order valence-corrected chi connectivity index (χ2v) is 6.77. The zero-order chi connectivity index (χ0) is 19.6. The number of hydrogen-bond acceptors (Lipinski definition) is 6. The molecule has 8 heteroatoms. The molecule has 0 bridgehead atoms. The number of nitro groups is 1. The summed E-state index contributed by atoms with van der Waals surface area (Å²) >= 11 is 0. The zero-order valence-electron chi connectivity index (χ0n) is 15.4. The maximum atomic E-state index is 12.5. The van der Waals surface area contributed by atoms with E-state index in [0.29, 0.717) is 5.69 Å². The Balaban J connectivity index is 1.75. The molecule has 1 heterocycles. The smallest absolute Gasteiger partial charge is 0.292 e. The molecule has 1 aliphatic heterocycles. The highest BCUT2D eigenvalue weighted by atomic mass is 16.6. The average Bonchev–Trinajstić information content (AvgIpc) is 2.64. The van der Waals surface area contributed by atoms with Crippen molar-refractivity contribution < 1.29 is 9.72 Å². The topological polar surface area (TPSA) is 105 Å². The predicted molar refractivity (Wildman–Crippen MR) is 106 cm³/mol. The van der Waals surface area contributed by atoms with Crippen molar-refractivity contribution in [3.63, 3.8) is 0 Å². The van der Waals surface area contributed by atoms with E-state index in [4.69, 9.17) is 5.73 Å². The van der Waals surface area contributed by atoms with E-state index in [9.17, 15) is 14.9 Å². The molecule has 1 fully saturated rings. The normalized spacial score (nSPS) is 14.8. The van der Waals surface area contributed by atoms with Gasteiger partial charge in [0.05, 0.1) is 4.92 Å². The van der Waals surface area contributed by atoms with Crippen molar-refractivity contribution in [3.8, 4) is 0 Å². The molecule has 2 aromatic carbocycles. The molecule has 27 heavy (non-hydrogen) atoms. The number of nitrogens with zero attached hydrogens (tertiary/aromatic N) is 3. The van der Waals surface area contributed by atoms with Crippen molar-refractivity contribution in [1.29, 1.82) is 0 Å². The van der Waals surface area contributed by atoms with Gasteiger partial charge in [-0.2, -0.15) is 0 Å². The van der Waals surface area contributed by atoms with Gasteiger partial charge in [-0.1, -0.05) is 0 Å². The first-order chi connectivity index (χ1) is 12.8. The van der Waals surface area contributed by atoms with Gasteiger partial charge in [0, 0.05) is 49.2 Å². The number of carbonyl (C=O) groups is 1. The van der Waals surface area contributed by atoms with Crippen molar-refractivity contribution >= 4 is 28.7 Å². The third kappa shape index (κ3) is 4.17. The Kier molecular flexibility index (Phi) is 5.27. The number of nitrogen functional groups attached to an aromatic ring is 1. The molecule has 142 valence electrons. The van der Waals surface area contributed by atoms with Crippen LogP contribution in [0.2, 0.25) is 0 Å². The summed E-state index contributed by atoms with van der Waals surface area (Å²) in [6, 6.07) is 9.94. The number of amides is 1. The highest BCUT2D eigenvalue weighted by Crippen LogP contribution is 2.26. The van der Waals surface area contributed by atoms with Crippen LogP contribution in [0, 0.1) is 17.0 Å². The van der Waals surface area contributed by atoms with Crippen molar-refractivity contribution in [3.05, 3.63) is 57.6 Å². The van der Waals surface area contributed by atoms with Crippen molar-refractivity contribution in [2.75, 3.05) is 49.2 Å². The van der Waals surface area contributed by atoms with Crippen LogP contribution in [0.4, 0.5) is 22.7 Å². The minimum absolute atomic E-state index is 0.0317. The van der Waals surface area contributed by atoms with Gasteiger partial charge >= 0.3 is 0 Å². The Bertz CT molecular complexity index is 876. The van der Waals surface area contributed by atoms with Gasteiger partial charge in [0.15, 0.2) is 0 Å². The summed E-state index contributed by atoms with van der Waals surface area (Å²) in [6.45, 7) is 5.91. The van der Waals surface area contributed by atoms with Gasteiger partial charge in [0.25, 0.3) is 11.6 Å². The van der Waals surface area contributed by atoms with Gasteiger partial charge in [0.1, 0.15) is 5.69 Å². The maximum Gasteiger partial charge on any atom is 0.292 e. The summed E-state index contributed by atoms with van der Waals surface area (Å²) in [5.41, 5.74) is 8.27. The average molecular weight is 369 g/mol. The first kappa shape index (κ1) is 18.7. The molecule has 0 radical (unpaired) electrons. The summed E-state index contributed by atoms with van der Waals surface area (Å²) in [6.07, 6.45) is 0. The lowest BCUT2D eigenvalue weighted by Crippen LogP contribution is -2.44. The number of hydrogen-bond donors (Lipinski definition) is 2. The monoisotopic (exact) mass is 369 g/mol. The van der Waals surface area contributed by atoms with Crippen LogP contribution in [0.5, 0.6) is 0 Å². The third-order valence-corrected chi connectivity index (χ3v) is 4.82. The number of rotatable bonds is 4. The number of piperazine rings is 1. The fourth-order valence-electron chi connectivity index (χ4n) is 3.09. The lowest BCUT2D eigenvalue weighted by molar-refractivity contribution is -0.383. The van der Waals surface area contributed by atoms with E-state index in [0.717, 1.165) is 37.4 Å². The van der Waals surface area contributed by atoms with Crippen LogP contribution in [-0.4, -0.2) is 49.0 Å².